The zero-order valence-corrected chi connectivity index (χ0v) is 47.4. The van der Waals surface area contributed by atoms with Gasteiger partial charge < -0.3 is 19.3 Å². The van der Waals surface area contributed by atoms with Crippen LogP contribution in [0, 0.1) is 42.4 Å². The molecule has 0 aliphatic heterocycles. The van der Waals surface area contributed by atoms with Crippen LogP contribution >= 0.6 is 0 Å². The monoisotopic (exact) mass is 1120 g/mol. The first kappa shape index (κ1) is 55.9. The zero-order valence-electron chi connectivity index (χ0n) is 41.7. The van der Waals surface area contributed by atoms with Gasteiger partial charge in [0.15, 0.2) is 6.79 Å². The maximum absolute atomic E-state index is 10.6. The fraction of sp³-hybridized carbons (Fsp3) is 0.424. The van der Waals surface area contributed by atoms with Crippen LogP contribution in [0.4, 0.5) is 0 Å². The van der Waals surface area contributed by atoms with Crippen molar-refractivity contribution in [3.63, 3.8) is 0 Å². The number of fused-ring (bicyclic) bond motifs is 2. The summed E-state index contributed by atoms with van der Waals surface area (Å²) in [4.78, 5) is 32.5. The lowest BCUT2D eigenvalue weighted by molar-refractivity contribution is -0.193. The largest absolute Gasteiger partial charge is 0.507 e. The summed E-state index contributed by atoms with van der Waals surface area (Å²) in [6.45, 7) is 3.50. The van der Waals surface area contributed by atoms with Gasteiger partial charge in [-0.15, -0.1) is 0 Å². The molecule has 388 valence electrons. The van der Waals surface area contributed by atoms with Crippen molar-refractivity contribution in [2.45, 2.75) is 94.8 Å². The summed E-state index contributed by atoms with van der Waals surface area (Å²) in [5.74, 6) is 6.92. The highest BCUT2D eigenvalue weighted by Crippen LogP contribution is 2.62. The van der Waals surface area contributed by atoms with Gasteiger partial charge >= 0.3 is 12.3 Å². The van der Waals surface area contributed by atoms with E-state index >= 15 is 0 Å². The van der Waals surface area contributed by atoms with E-state index < -0.39 is 0 Å². The molecule has 8 aliphatic rings. The molecule has 6 aromatic rings. The zero-order chi connectivity index (χ0) is 52.1. The van der Waals surface area contributed by atoms with Gasteiger partial charge in [0.2, 0.25) is 0 Å². The molecule has 0 amide bonds. The minimum absolute atomic E-state index is 0.236. The van der Waals surface area contributed by atoms with Gasteiger partial charge in [0.05, 0.1) is 13.2 Å². The van der Waals surface area contributed by atoms with Crippen LogP contribution in [0.3, 0.4) is 0 Å². The molecule has 0 atom stereocenters. The number of aromatic hydroxyl groups is 1. The van der Waals surface area contributed by atoms with Crippen LogP contribution in [0.25, 0.3) is 43.8 Å². The van der Waals surface area contributed by atoms with Crippen LogP contribution < -0.4 is 4.74 Å². The van der Waals surface area contributed by atoms with Crippen LogP contribution in [-0.4, -0.2) is 44.5 Å². The lowest BCUT2D eigenvalue weighted by atomic mass is 9.48. The Hall–Kier alpha value is -4.34. The van der Waals surface area contributed by atoms with Gasteiger partial charge in [-0.05, 0) is 211 Å². The molecular weight excluding hydrogens is 1060 g/mol. The third-order valence-corrected chi connectivity index (χ3v) is 25.4. The van der Waals surface area contributed by atoms with E-state index in [9.17, 15) is 5.11 Å². The lowest BCUT2D eigenvalue weighted by Crippen LogP contribution is -2.48. The summed E-state index contributed by atoms with van der Waals surface area (Å²) in [5.41, 5.74) is 9.55. The second-order valence-electron chi connectivity index (χ2n) is 21.1. The van der Waals surface area contributed by atoms with E-state index in [2.05, 4.69) is 138 Å². The summed E-state index contributed by atoms with van der Waals surface area (Å²) in [6, 6.07) is 41.9. The van der Waals surface area contributed by atoms with Crippen molar-refractivity contribution in [2.24, 2.45) is 35.5 Å². The minimum atomic E-state index is 0.236. The molecule has 14 rings (SSSR count). The predicted molar refractivity (Wildman–Crippen MR) is 310 cm³/mol. The first-order valence-corrected chi connectivity index (χ1v) is 33.3. The maximum Gasteiger partial charge on any atom is 0.373 e. The fourth-order valence-electron chi connectivity index (χ4n) is 14.5. The number of hydrogen-bond acceptors (Lipinski definition) is 10. The standard InChI is InChI=1S/C31H36O3.C26H26O.2CO2.S7/c1-21-3-4-26-15-27(6-5-25(26)11-21)29-16-28(7-8-30(29)34-20-33-10-9-32-2)31-17-22-12-23(18-31)14-24(13-22)19-31;27-25-8-7-23(26-14-17-9-18(15-26)11-19(10-17)16-26)13-24(25)22-6-5-20-3-1-2-4-21(20)12-22;2*2-1-3;1-3-5-7-6-4-2/h3-8,11,15-16,22-24H,9-10,12-14,17-20H2,1-2H3;1-8,12-13,17-19,27H,9-11,14-16H2;;;. The van der Waals surface area contributed by atoms with Crippen LogP contribution in [-0.2, 0) is 106 Å². The maximum atomic E-state index is 10.6. The van der Waals surface area contributed by atoms with Gasteiger partial charge in [0, 0.05) is 85.0 Å². The van der Waals surface area contributed by atoms with Gasteiger partial charge in [-0.2, -0.15) is 19.2 Å². The Morgan fingerprint density at radius 3 is 1.51 bits per heavy atom. The number of rotatable bonds is 10. The van der Waals surface area contributed by atoms with Gasteiger partial charge in [0.1, 0.15) is 11.5 Å². The second-order valence-corrected chi connectivity index (χ2v) is 30.0. The van der Waals surface area contributed by atoms with Crippen LogP contribution in [0.1, 0.15) is 93.7 Å². The van der Waals surface area contributed by atoms with Crippen LogP contribution in [0.5, 0.6) is 11.5 Å². The molecule has 0 saturated heterocycles. The Morgan fingerprint density at radius 1 is 0.541 bits per heavy atom. The van der Waals surface area contributed by atoms with Crippen molar-refractivity contribution < 1.29 is 38.5 Å². The van der Waals surface area contributed by atoms with Crippen molar-refractivity contribution in [3.8, 4) is 33.8 Å². The number of benzene rings is 6. The second kappa shape index (κ2) is 26.6. The van der Waals surface area contributed by atoms with E-state index in [1.54, 1.807) is 33.8 Å². The number of hydrogen-bond donors (Lipinski definition) is 1. The fourth-order valence-corrected chi connectivity index (χ4v) is 22.7. The summed E-state index contributed by atoms with van der Waals surface area (Å²) in [5, 5.41) is 15.7. The number of methoxy groups -OCH3 is 1. The van der Waals surface area contributed by atoms with E-state index in [0.29, 0.717) is 29.8 Å². The molecule has 0 heterocycles. The molecule has 8 bridgehead atoms. The molecular formula is C59H62O8S7. The van der Waals surface area contributed by atoms with Gasteiger partial charge in [-0.1, -0.05) is 84.4 Å². The summed E-state index contributed by atoms with van der Waals surface area (Å²) >= 11 is 9.14. The van der Waals surface area contributed by atoms with Crippen molar-refractivity contribution in [1.82, 2.24) is 0 Å². The molecule has 1 N–H and O–H groups in total. The normalized spacial score (nSPS) is 24.9. The van der Waals surface area contributed by atoms with Crippen LogP contribution in [0.2, 0.25) is 0 Å². The Balaban J connectivity index is 0.000000162. The first-order valence-electron chi connectivity index (χ1n) is 25.3. The molecule has 15 heteroatoms. The van der Waals surface area contributed by atoms with Crippen molar-refractivity contribution in [2.75, 3.05) is 27.1 Å². The number of carbonyl (C=O) groups excluding carboxylic acids is 4. The molecule has 0 radical (unpaired) electrons. The highest BCUT2D eigenvalue weighted by molar-refractivity contribution is 8.68. The smallest absolute Gasteiger partial charge is 0.373 e. The Morgan fingerprint density at radius 2 is 0.986 bits per heavy atom. The Labute approximate surface area is 458 Å². The van der Waals surface area contributed by atoms with Crippen molar-refractivity contribution in [3.05, 3.63) is 132 Å². The number of phenolic OH excluding ortho intramolecular Hbond substituents is 1. The average molecular weight is 1120 g/mol. The van der Waals surface area contributed by atoms with E-state index in [1.165, 1.54) is 144 Å². The minimum Gasteiger partial charge on any atom is -0.507 e. The lowest BCUT2D eigenvalue weighted by Gasteiger charge is -2.57. The van der Waals surface area contributed by atoms with E-state index in [4.69, 9.17) is 33.4 Å². The van der Waals surface area contributed by atoms with E-state index in [0.717, 1.165) is 52.4 Å². The number of aryl methyl sites for hydroxylation is 1. The average Bonchev–Trinajstić information content (AvgIpc) is 3.40. The molecule has 8 fully saturated rings. The van der Waals surface area contributed by atoms with Crippen molar-refractivity contribution in [1.29, 1.82) is 0 Å². The summed E-state index contributed by atoms with van der Waals surface area (Å²) in [7, 11) is 9.05. The topological polar surface area (TPSA) is 116 Å². The summed E-state index contributed by atoms with van der Waals surface area (Å²) in [6.07, 6.45) is 17.5. The van der Waals surface area contributed by atoms with Crippen LogP contribution in [0.15, 0.2) is 115 Å². The van der Waals surface area contributed by atoms with Gasteiger partial charge in [-0.3, -0.25) is 0 Å². The third kappa shape index (κ3) is 13.6. The molecule has 0 unspecified atom stereocenters. The molecule has 6 aromatic carbocycles. The van der Waals surface area contributed by atoms with E-state index in [-0.39, 0.29) is 19.1 Å². The number of phenols is 1. The molecule has 0 aromatic heterocycles. The van der Waals surface area contributed by atoms with Gasteiger partial charge in [-0.25, -0.2) is 0 Å². The molecule has 8 aliphatic carbocycles. The number of ether oxygens (including phenoxy) is 3. The Kier molecular flexibility index (Phi) is 20.1. The molecule has 8 saturated carbocycles. The predicted octanol–water partition coefficient (Wildman–Crippen LogP) is 12.8. The summed E-state index contributed by atoms with van der Waals surface area (Å²) < 4.78 is 16.9. The van der Waals surface area contributed by atoms with Crippen molar-refractivity contribution >= 4 is 101 Å². The molecule has 74 heavy (non-hydrogen) atoms. The SMILES string of the molecule is COCCOCOc1ccc(C23CC4CC(CC(C4)C2)C3)cc1-c1ccc2cc(C)ccc2c1.O=C=O.O=C=O.Oc1ccc(C23CC4CC(CC(C4)C2)C3)cc1-c1ccc2ccccc2c1.S=S=S=S=S=S=S. The third-order valence-electron chi connectivity index (χ3n) is 16.5. The van der Waals surface area contributed by atoms with E-state index in [1.807, 2.05) is 6.07 Å². The highest BCUT2D eigenvalue weighted by atomic mass is 33.4. The highest BCUT2D eigenvalue weighted by Gasteiger charge is 2.53. The van der Waals surface area contributed by atoms with Gasteiger partial charge in [0.25, 0.3) is 0 Å². The Bertz CT molecular complexity index is 3140. The molecule has 0 spiro atoms. The molecule has 8 nitrogen and oxygen atoms in total. The first-order chi connectivity index (χ1) is 36.0. The quantitative estimate of drug-likeness (QED) is 0.105.